The Morgan fingerprint density at radius 3 is 2.53 bits per heavy atom. The maximum Gasteiger partial charge on any atom is 0.337 e. The summed E-state index contributed by atoms with van der Waals surface area (Å²) < 4.78 is 4.60. The molecule has 0 fully saturated rings. The molecule has 0 aliphatic rings. The van der Waals surface area contributed by atoms with Gasteiger partial charge < -0.3 is 15.8 Å². The van der Waals surface area contributed by atoms with Gasteiger partial charge in [-0.05, 0) is 37.6 Å². The van der Waals surface area contributed by atoms with Crippen molar-refractivity contribution >= 4 is 17.6 Å². The van der Waals surface area contributed by atoms with Gasteiger partial charge in [0.2, 0.25) is 5.91 Å². The zero-order valence-corrected chi connectivity index (χ0v) is 10.1. The highest BCUT2D eigenvalue weighted by Gasteiger charge is 2.11. The number of nitrogens with one attached hydrogen (secondary N) is 1. The van der Waals surface area contributed by atoms with E-state index in [2.05, 4.69) is 10.1 Å². The summed E-state index contributed by atoms with van der Waals surface area (Å²) in [5.41, 5.74) is 7.31. The van der Waals surface area contributed by atoms with Crippen molar-refractivity contribution in [3.8, 4) is 0 Å². The van der Waals surface area contributed by atoms with E-state index in [0.29, 0.717) is 11.3 Å². The molecule has 5 heteroatoms. The third-order valence-electron chi connectivity index (χ3n) is 2.32. The van der Waals surface area contributed by atoms with Gasteiger partial charge in [0.05, 0.1) is 18.7 Å². The second kappa shape index (κ2) is 5.45. The standard InChI is InChI=1S/C12H16N2O3/c1-7-6-9(12(16)17-3)4-5-10(7)14-11(15)8(2)13/h4-6,8H,13H2,1-3H3,(H,14,15)/t8-/m1/s1. The summed E-state index contributed by atoms with van der Waals surface area (Å²) in [6, 6.07) is 4.33. The van der Waals surface area contributed by atoms with Crippen LogP contribution in [0.3, 0.4) is 0 Å². The molecule has 1 aromatic rings. The highest BCUT2D eigenvalue weighted by atomic mass is 16.5. The fourth-order valence-corrected chi connectivity index (χ4v) is 1.30. The second-order valence-electron chi connectivity index (χ2n) is 3.80. The number of ether oxygens (including phenoxy) is 1. The zero-order valence-electron chi connectivity index (χ0n) is 10.1. The number of nitrogens with two attached hydrogens (primary N) is 1. The number of rotatable bonds is 3. The minimum atomic E-state index is -0.574. The number of carbonyl (C=O) groups excluding carboxylic acids is 2. The fraction of sp³-hybridized carbons (Fsp3) is 0.333. The van der Waals surface area contributed by atoms with E-state index in [1.807, 2.05) is 0 Å². The van der Waals surface area contributed by atoms with Gasteiger partial charge in [0.15, 0.2) is 0 Å². The molecule has 17 heavy (non-hydrogen) atoms. The van der Waals surface area contributed by atoms with Crippen molar-refractivity contribution in [3.05, 3.63) is 29.3 Å². The molecule has 0 aromatic heterocycles. The minimum Gasteiger partial charge on any atom is -0.465 e. The van der Waals surface area contributed by atoms with Gasteiger partial charge in [-0.2, -0.15) is 0 Å². The number of hydrogen-bond acceptors (Lipinski definition) is 4. The lowest BCUT2D eigenvalue weighted by atomic mass is 10.1. The molecular formula is C12H16N2O3. The third-order valence-corrected chi connectivity index (χ3v) is 2.32. The van der Waals surface area contributed by atoms with Crippen molar-refractivity contribution in [2.24, 2.45) is 5.73 Å². The molecule has 0 saturated heterocycles. The van der Waals surface area contributed by atoms with Gasteiger partial charge in [0.25, 0.3) is 0 Å². The van der Waals surface area contributed by atoms with E-state index in [1.165, 1.54) is 7.11 Å². The molecule has 0 radical (unpaired) electrons. The van der Waals surface area contributed by atoms with Crippen LogP contribution in [0, 0.1) is 6.92 Å². The van der Waals surface area contributed by atoms with Crippen LogP contribution in [0.5, 0.6) is 0 Å². The number of amides is 1. The van der Waals surface area contributed by atoms with Crippen molar-refractivity contribution in [3.63, 3.8) is 0 Å². The molecule has 0 spiro atoms. The van der Waals surface area contributed by atoms with Gasteiger partial charge in [-0.1, -0.05) is 0 Å². The number of anilines is 1. The maximum absolute atomic E-state index is 11.4. The maximum atomic E-state index is 11.4. The van der Waals surface area contributed by atoms with Crippen molar-refractivity contribution in [1.29, 1.82) is 0 Å². The molecule has 0 aliphatic carbocycles. The molecule has 0 saturated carbocycles. The number of methoxy groups -OCH3 is 1. The van der Waals surface area contributed by atoms with Gasteiger partial charge in [-0.3, -0.25) is 4.79 Å². The number of hydrogen-bond donors (Lipinski definition) is 2. The first kappa shape index (κ1) is 13.2. The van der Waals surface area contributed by atoms with E-state index in [0.717, 1.165) is 5.56 Å². The average molecular weight is 236 g/mol. The first-order valence-corrected chi connectivity index (χ1v) is 5.21. The lowest BCUT2D eigenvalue weighted by Crippen LogP contribution is -2.32. The van der Waals surface area contributed by atoms with E-state index < -0.39 is 12.0 Å². The van der Waals surface area contributed by atoms with E-state index in [9.17, 15) is 9.59 Å². The predicted octanol–water partition coefficient (Wildman–Crippen LogP) is 1.07. The monoisotopic (exact) mass is 236 g/mol. The lowest BCUT2D eigenvalue weighted by Gasteiger charge is -2.11. The molecule has 0 heterocycles. The van der Waals surface area contributed by atoms with Crippen LogP contribution in [0.25, 0.3) is 0 Å². The Morgan fingerprint density at radius 1 is 1.41 bits per heavy atom. The molecule has 5 nitrogen and oxygen atoms in total. The van der Waals surface area contributed by atoms with Crippen molar-refractivity contribution < 1.29 is 14.3 Å². The average Bonchev–Trinajstić information content (AvgIpc) is 2.30. The largest absolute Gasteiger partial charge is 0.465 e. The van der Waals surface area contributed by atoms with Crippen LogP contribution in [0.1, 0.15) is 22.8 Å². The molecule has 3 N–H and O–H groups in total. The van der Waals surface area contributed by atoms with Crippen LogP contribution in [-0.2, 0) is 9.53 Å². The first-order chi connectivity index (χ1) is 7.95. The fourth-order valence-electron chi connectivity index (χ4n) is 1.30. The molecule has 1 rings (SSSR count). The molecule has 0 aliphatic heterocycles. The Hall–Kier alpha value is -1.88. The molecule has 92 valence electrons. The topological polar surface area (TPSA) is 81.4 Å². The van der Waals surface area contributed by atoms with Crippen LogP contribution in [0.4, 0.5) is 5.69 Å². The van der Waals surface area contributed by atoms with Gasteiger partial charge >= 0.3 is 5.97 Å². The van der Waals surface area contributed by atoms with E-state index in [1.54, 1.807) is 32.0 Å². The second-order valence-corrected chi connectivity index (χ2v) is 3.80. The zero-order chi connectivity index (χ0) is 13.0. The van der Waals surface area contributed by atoms with Crippen LogP contribution in [0.15, 0.2) is 18.2 Å². The summed E-state index contributed by atoms with van der Waals surface area (Å²) in [7, 11) is 1.32. The number of esters is 1. The van der Waals surface area contributed by atoms with Gasteiger partial charge in [-0.15, -0.1) is 0 Å². The SMILES string of the molecule is COC(=O)c1ccc(NC(=O)[C@@H](C)N)c(C)c1. The molecule has 0 unspecified atom stereocenters. The van der Waals surface area contributed by atoms with E-state index >= 15 is 0 Å². The Labute approximate surface area is 99.9 Å². The third kappa shape index (κ3) is 3.29. The molecule has 0 bridgehead atoms. The lowest BCUT2D eigenvalue weighted by molar-refractivity contribution is -0.117. The van der Waals surface area contributed by atoms with E-state index in [4.69, 9.17) is 5.73 Å². The van der Waals surface area contributed by atoms with Gasteiger partial charge in [-0.25, -0.2) is 4.79 Å². The highest BCUT2D eigenvalue weighted by molar-refractivity contribution is 5.96. The minimum absolute atomic E-state index is 0.265. The first-order valence-electron chi connectivity index (χ1n) is 5.21. The van der Waals surface area contributed by atoms with Crippen LogP contribution >= 0.6 is 0 Å². The Kier molecular flexibility index (Phi) is 4.23. The summed E-state index contributed by atoms with van der Waals surface area (Å²) in [6.45, 7) is 3.40. The summed E-state index contributed by atoms with van der Waals surface area (Å²) in [5, 5.41) is 2.68. The van der Waals surface area contributed by atoms with Crippen molar-refractivity contribution in [1.82, 2.24) is 0 Å². The molecule has 1 atom stereocenters. The normalized spacial score (nSPS) is 11.8. The number of benzene rings is 1. The highest BCUT2D eigenvalue weighted by Crippen LogP contribution is 2.17. The Balaban J connectivity index is 2.90. The van der Waals surface area contributed by atoms with Crippen molar-refractivity contribution in [2.75, 3.05) is 12.4 Å². The Morgan fingerprint density at radius 2 is 2.06 bits per heavy atom. The van der Waals surface area contributed by atoms with Crippen molar-refractivity contribution in [2.45, 2.75) is 19.9 Å². The van der Waals surface area contributed by atoms with Crippen LogP contribution < -0.4 is 11.1 Å². The smallest absolute Gasteiger partial charge is 0.337 e. The summed E-state index contributed by atoms with van der Waals surface area (Å²) >= 11 is 0. The summed E-state index contributed by atoms with van der Waals surface area (Å²) in [5.74, 6) is -0.669. The summed E-state index contributed by atoms with van der Waals surface area (Å²) in [6.07, 6.45) is 0. The number of carbonyl (C=O) groups is 2. The quantitative estimate of drug-likeness (QED) is 0.769. The van der Waals surface area contributed by atoms with Gasteiger partial charge in [0.1, 0.15) is 0 Å². The van der Waals surface area contributed by atoms with Crippen LogP contribution in [-0.4, -0.2) is 25.0 Å². The number of aryl methyl sites for hydroxylation is 1. The van der Waals surface area contributed by atoms with Crippen LogP contribution in [0.2, 0.25) is 0 Å². The summed E-state index contributed by atoms with van der Waals surface area (Å²) in [4.78, 5) is 22.7. The predicted molar refractivity (Wildman–Crippen MR) is 64.8 cm³/mol. The molecule has 1 aromatic carbocycles. The van der Waals surface area contributed by atoms with E-state index in [-0.39, 0.29) is 5.91 Å². The Bertz CT molecular complexity index is 441. The molecule has 1 amide bonds. The van der Waals surface area contributed by atoms with Gasteiger partial charge in [0, 0.05) is 5.69 Å². The molecular weight excluding hydrogens is 220 g/mol.